The van der Waals surface area contributed by atoms with Gasteiger partial charge in [0.05, 0.1) is 18.2 Å². The maximum absolute atomic E-state index is 12.9. The Balaban J connectivity index is 1.58. The number of halogens is 3. The number of benzene rings is 3. The molecule has 0 bridgehead atoms. The zero-order valence-corrected chi connectivity index (χ0v) is 25.3. The molecular weight excluding hydrogens is 555 g/mol. The van der Waals surface area contributed by atoms with Crippen molar-refractivity contribution in [3.05, 3.63) is 93.4 Å². The molecule has 0 fully saturated rings. The number of esters is 1. The number of ketones is 1. The van der Waals surface area contributed by atoms with Crippen LogP contribution in [0.15, 0.2) is 60.7 Å². The first-order valence-corrected chi connectivity index (χ1v) is 14.6. The number of hydrogen-bond donors (Lipinski definition) is 0. The molecule has 1 unspecified atom stereocenters. The van der Waals surface area contributed by atoms with E-state index < -0.39 is 11.7 Å². The summed E-state index contributed by atoms with van der Waals surface area (Å²) in [7, 11) is 3.40. The Kier molecular flexibility index (Phi) is 12.0. The van der Waals surface area contributed by atoms with E-state index in [0.29, 0.717) is 35.6 Å². The molecule has 0 radical (unpaired) electrons. The summed E-state index contributed by atoms with van der Waals surface area (Å²) in [6, 6.07) is 14.7. The number of carbonyl (C=O) groups is 2. The number of nitrogens with zero attached hydrogens (tertiary/aromatic N) is 1. The van der Waals surface area contributed by atoms with Crippen molar-refractivity contribution < 1.29 is 32.2 Å². The van der Waals surface area contributed by atoms with Crippen molar-refractivity contribution >= 4 is 24.5 Å². The molecule has 0 aliphatic carbocycles. The first kappa shape index (κ1) is 33.4. The van der Waals surface area contributed by atoms with Crippen molar-refractivity contribution in [2.45, 2.75) is 58.5 Å². The van der Waals surface area contributed by atoms with E-state index in [1.807, 2.05) is 20.0 Å². The van der Waals surface area contributed by atoms with Crippen LogP contribution in [-0.4, -0.2) is 37.4 Å². The predicted molar refractivity (Wildman–Crippen MR) is 164 cm³/mol. The molecule has 0 saturated carbocycles. The van der Waals surface area contributed by atoms with E-state index in [1.165, 1.54) is 19.2 Å². The molecule has 3 aromatic rings. The molecule has 230 valence electrons. The zero-order valence-electron chi connectivity index (χ0n) is 25.3. The minimum Gasteiger partial charge on any atom is -0.465 e. The fourth-order valence-electron chi connectivity index (χ4n) is 5.22. The number of rotatable bonds is 14. The van der Waals surface area contributed by atoms with Crippen LogP contribution in [-0.2, 0) is 17.3 Å². The molecule has 0 spiro atoms. The summed E-state index contributed by atoms with van der Waals surface area (Å²) in [5.74, 6) is 0.784. The van der Waals surface area contributed by atoms with Crippen LogP contribution in [0.4, 0.5) is 13.2 Å². The first-order chi connectivity index (χ1) is 20.5. The number of ether oxygens (including phenoxy) is 2. The van der Waals surface area contributed by atoms with E-state index in [9.17, 15) is 22.8 Å². The molecule has 8 heteroatoms. The largest absolute Gasteiger partial charge is 0.465 e. The molecule has 0 N–H and O–H groups in total. The Labute approximate surface area is 251 Å². The summed E-state index contributed by atoms with van der Waals surface area (Å²) in [5, 5.41) is 1.79. The molecule has 5 nitrogen and oxygen atoms in total. The minimum atomic E-state index is -4.40. The Bertz CT molecular complexity index is 1480. The van der Waals surface area contributed by atoms with Gasteiger partial charge in [-0.05, 0) is 97.0 Å². The van der Waals surface area contributed by atoms with Gasteiger partial charge in [0, 0.05) is 37.0 Å². The second-order valence-electron chi connectivity index (χ2n) is 10.7. The second kappa shape index (κ2) is 15.4. The van der Waals surface area contributed by atoms with Crippen LogP contribution >= 0.6 is 0 Å². The van der Waals surface area contributed by atoms with Gasteiger partial charge in [0.25, 0.3) is 0 Å². The third-order valence-electron chi connectivity index (χ3n) is 7.41. The fourth-order valence-corrected chi connectivity index (χ4v) is 5.22. The van der Waals surface area contributed by atoms with Crippen LogP contribution in [0.1, 0.15) is 77.8 Å². The SMILES string of the molecule is C=c1ccc(C(=O)OC)c(CC)/c1=C/N(C)CC(CCC)CCCC(=O)c1ccc(Oc2ccc(C(F)(F)F)cc2)cc1. The lowest BCUT2D eigenvalue weighted by Crippen LogP contribution is -2.34. The highest BCUT2D eigenvalue weighted by Gasteiger charge is 2.30. The summed E-state index contributed by atoms with van der Waals surface area (Å²) in [6.07, 6.45) is 2.45. The van der Waals surface area contributed by atoms with Crippen molar-refractivity contribution in [3.63, 3.8) is 0 Å². The molecular formula is C35H40F3NO4. The van der Waals surface area contributed by atoms with Crippen LogP contribution in [0.5, 0.6) is 11.5 Å². The van der Waals surface area contributed by atoms with Crippen molar-refractivity contribution in [3.8, 4) is 11.5 Å². The fraction of sp³-hybridized carbons (Fsp3) is 0.371. The van der Waals surface area contributed by atoms with E-state index >= 15 is 0 Å². The van der Waals surface area contributed by atoms with E-state index in [1.54, 1.807) is 30.3 Å². The van der Waals surface area contributed by atoms with Gasteiger partial charge in [-0.25, -0.2) is 4.79 Å². The monoisotopic (exact) mass is 595 g/mol. The summed E-state index contributed by atoms with van der Waals surface area (Å²) < 4.78 is 48.9. The van der Waals surface area contributed by atoms with Gasteiger partial charge < -0.3 is 14.4 Å². The van der Waals surface area contributed by atoms with Gasteiger partial charge >= 0.3 is 12.1 Å². The van der Waals surface area contributed by atoms with Crippen LogP contribution in [0.2, 0.25) is 0 Å². The van der Waals surface area contributed by atoms with Crippen molar-refractivity contribution in [1.29, 1.82) is 0 Å². The van der Waals surface area contributed by atoms with E-state index in [-0.39, 0.29) is 17.5 Å². The number of methoxy groups -OCH3 is 1. The Morgan fingerprint density at radius 3 is 2.14 bits per heavy atom. The average molecular weight is 596 g/mol. The highest BCUT2D eigenvalue weighted by molar-refractivity contribution is 5.96. The summed E-state index contributed by atoms with van der Waals surface area (Å²) in [5.41, 5.74) is 1.30. The third-order valence-corrected chi connectivity index (χ3v) is 7.41. The first-order valence-electron chi connectivity index (χ1n) is 14.6. The lowest BCUT2D eigenvalue weighted by molar-refractivity contribution is -0.137. The molecule has 0 heterocycles. The van der Waals surface area contributed by atoms with Gasteiger partial charge in [-0.2, -0.15) is 13.2 Å². The van der Waals surface area contributed by atoms with E-state index in [4.69, 9.17) is 9.47 Å². The van der Waals surface area contributed by atoms with Crippen molar-refractivity contribution in [1.82, 2.24) is 4.90 Å². The molecule has 1 atom stereocenters. The topological polar surface area (TPSA) is 55.8 Å². The highest BCUT2D eigenvalue weighted by Crippen LogP contribution is 2.31. The van der Waals surface area contributed by atoms with Crippen LogP contribution in [0.3, 0.4) is 0 Å². The van der Waals surface area contributed by atoms with Crippen LogP contribution in [0, 0.1) is 5.92 Å². The van der Waals surface area contributed by atoms with Gasteiger partial charge in [-0.15, -0.1) is 0 Å². The van der Waals surface area contributed by atoms with Gasteiger partial charge in [-0.3, -0.25) is 4.79 Å². The molecule has 0 aliphatic rings. The lowest BCUT2D eigenvalue weighted by atomic mass is 9.94. The Morgan fingerprint density at radius 2 is 1.58 bits per heavy atom. The standard InChI is InChI=1S/C35H40F3NO4/c1-6-9-25(22-39(4)23-32-24(3)12-21-31(30(32)7-2)34(41)42-5)10-8-11-33(40)26-13-17-28(18-14-26)43-29-19-15-27(16-20-29)35(36,37)38/h12-21,23,25H,3,6-11,22H2,1-2,4-5H3/b32-23+. The van der Waals surface area contributed by atoms with Crippen molar-refractivity contribution in [2.24, 2.45) is 5.92 Å². The third kappa shape index (κ3) is 9.46. The molecule has 43 heavy (non-hydrogen) atoms. The normalized spacial score (nSPS) is 12.6. The van der Waals surface area contributed by atoms with Crippen LogP contribution in [0.25, 0.3) is 12.8 Å². The zero-order chi connectivity index (χ0) is 31.6. The van der Waals surface area contributed by atoms with E-state index in [0.717, 1.165) is 60.4 Å². The van der Waals surface area contributed by atoms with Gasteiger partial charge in [-0.1, -0.05) is 32.9 Å². The predicted octanol–water partition coefficient (Wildman–Crippen LogP) is 7.40. The van der Waals surface area contributed by atoms with Gasteiger partial charge in [0.2, 0.25) is 0 Å². The molecule has 3 rings (SSSR count). The number of hydrogen-bond acceptors (Lipinski definition) is 5. The quantitative estimate of drug-likeness (QED) is 0.144. The van der Waals surface area contributed by atoms with Gasteiger partial charge in [0.15, 0.2) is 5.78 Å². The van der Waals surface area contributed by atoms with Gasteiger partial charge in [0.1, 0.15) is 11.5 Å². The average Bonchev–Trinajstić information content (AvgIpc) is 2.97. The number of carbonyl (C=O) groups excluding carboxylic acids is 2. The summed E-state index contributed by atoms with van der Waals surface area (Å²) in [6.45, 7) is 9.14. The molecule has 0 amide bonds. The maximum Gasteiger partial charge on any atom is 0.416 e. The molecule has 0 aromatic heterocycles. The summed E-state index contributed by atoms with van der Waals surface area (Å²) >= 11 is 0. The molecule has 3 aromatic carbocycles. The Morgan fingerprint density at radius 1 is 0.953 bits per heavy atom. The second-order valence-corrected chi connectivity index (χ2v) is 10.7. The van der Waals surface area contributed by atoms with E-state index in [2.05, 4.69) is 24.6 Å². The maximum atomic E-state index is 12.9. The molecule has 0 aliphatic heterocycles. The minimum absolute atomic E-state index is 0.0326. The summed E-state index contributed by atoms with van der Waals surface area (Å²) in [4.78, 5) is 27.3. The molecule has 0 saturated heterocycles. The highest BCUT2D eigenvalue weighted by atomic mass is 19.4. The van der Waals surface area contributed by atoms with Crippen LogP contribution < -0.4 is 15.2 Å². The smallest absolute Gasteiger partial charge is 0.416 e. The number of Topliss-reactive ketones (excluding diaryl/α,β-unsaturated/α-hetero) is 1. The van der Waals surface area contributed by atoms with Crippen molar-refractivity contribution in [2.75, 3.05) is 20.7 Å². The lowest BCUT2D eigenvalue weighted by Gasteiger charge is -2.23. The number of alkyl halides is 3. The Hall–Kier alpha value is -4.07.